The second-order valence-electron chi connectivity index (χ2n) is 5.57. The molecule has 1 aromatic rings. The maximum absolute atomic E-state index is 13.9. The van der Waals surface area contributed by atoms with Crippen LogP contribution < -0.4 is 10.2 Å². The molecule has 3 nitrogen and oxygen atoms in total. The highest BCUT2D eigenvalue weighted by Gasteiger charge is 2.18. The van der Waals surface area contributed by atoms with Crippen molar-refractivity contribution in [3.05, 3.63) is 17.7 Å². The van der Waals surface area contributed by atoms with Crippen molar-refractivity contribution in [1.82, 2.24) is 4.98 Å². The van der Waals surface area contributed by atoms with Gasteiger partial charge in [-0.2, -0.15) is 0 Å². The van der Waals surface area contributed by atoms with Gasteiger partial charge in [-0.05, 0) is 11.8 Å². The number of nitrogens with one attached hydrogen (secondary N) is 1. The van der Waals surface area contributed by atoms with Crippen molar-refractivity contribution in [2.75, 3.05) is 30.4 Å². The van der Waals surface area contributed by atoms with Crippen molar-refractivity contribution in [2.24, 2.45) is 11.8 Å². The second-order valence-corrected chi connectivity index (χ2v) is 5.57. The standard InChI is InChI=1S/C14H23F2N3/c1-9(2)7-19(8-10(3)4)14-12(16)6-11(15)13(17-5)18-14/h6,9-10H,7-8H2,1-5H3,(H,17,18). The van der Waals surface area contributed by atoms with E-state index in [9.17, 15) is 8.78 Å². The molecule has 0 fully saturated rings. The first-order chi connectivity index (χ1) is 8.85. The molecule has 0 radical (unpaired) electrons. The molecule has 19 heavy (non-hydrogen) atoms. The van der Waals surface area contributed by atoms with Crippen LogP contribution in [0.1, 0.15) is 27.7 Å². The lowest BCUT2D eigenvalue weighted by Gasteiger charge is -2.28. The van der Waals surface area contributed by atoms with Gasteiger partial charge in [-0.15, -0.1) is 0 Å². The predicted molar refractivity (Wildman–Crippen MR) is 75.6 cm³/mol. The molecule has 0 bridgehead atoms. The number of hydrogen-bond donors (Lipinski definition) is 1. The Morgan fingerprint density at radius 3 is 2.05 bits per heavy atom. The maximum Gasteiger partial charge on any atom is 0.168 e. The summed E-state index contributed by atoms with van der Waals surface area (Å²) in [5, 5.41) is 2.64. The molecule has 0 atom stereocenters. The van der Waals surface area contributed by atoms with Crippen LogP contribution >= 0.6 is 0 Å². The number of aromatic nitrogens is 1. The molecule has 1 N–H and O–H groups in total. The van der Waals surface area contributed by atoms with E-state index in [1.165, 1.54) is 0 Å². The van der Waals surface area contributed by atoms with Crippen molar-refractivity contribution < 1.29 is 8.78 Å². The summed E-state index contributed by atoms with van der Waals surface area (Å²) in [6.45, 7) is 9.64. The quantitative estimate of drug-likeness (QED) is 0.858. The van der Waals surface area contributed by atoms with E-state index in [1.807, 2.05) is 4.90 Å². The topological polar surface area (TPSA) is 28.2 Å². The molecule has 0 amide bonds. The lowest BCUT2D eigenvalue weighted by molar-refractivity contribution is 0.524. The molecule has 0 saturated heterocycles. The number of halogens is 2. The molecule has 0 unspecified atom stereocenters. The van der Waals surface area contributed by atoms with Gasteiger partial charge in [0.05, 0.1) is 0 Å². The fraction of sp³-hybridized carbons (Fsp3) is 0.643. The Balaban J connectivity index is 3.13. The van der Waals surface area contributed by atoms with Gasteiger partial charge in [0.25, 0.3) is 0 Å². The lowest BCUT2D eigenvalue weighted by atomic mass is 10.1. The summed E-state index contributed by atoms with van der Waals surface area (Å²) in [5.41, 5.74) is 0. The SMILES string of the molecule is CNc1nc(N(CC(C)C)CC(C)C)c(F)cc1F. The number of anilines is 2. The van der Waals surface area contributed by atoms with Crippen LogP contribution in [0.15, 0.2) is 6.07 Å². The smallest absolute Gasteiger partial charge is 0.168 e. The summed E-state index contributed by atoms with van der Waals surface area (Å²) in [4.78, 5) is 5.94. The molecule has 0 saturated carbocycles. The first-order valence-electron chi connectivity index (χ1n) is 6.63. The largest absolute Gasteiger partial charge is 0.371 e. The van der Waals surface area contributed by atoms with Crippen LogP contribution in [-0.4, -0.2) is 25.1 Å². The van der Waals surface area contributed by atoms with Crippen LogP contribution in [0.5, 0.6) is 0 Å². The van der Waals surface area contributed by atoms with E-state index >= 15 is 0 Å². The summed E-state index contributed by atoms with van der Waals surface area (Å²) >= 11 is 0. The third kappa shape index (κ3) is 4.33. The van der Waals surface area contributed by atoms with Gasteiger partial charge in [0.15, 0.2) is 23.3 Å². The third-order valence-corrected chi connectivity index (χ3v) is 2.62. The normalized spacial score (nSPS) is 11.2. The molecule has 0 spiro atoms. The van der Waals surface area contributed by atoms with Gasteiger partial charge in [-0.1, -0.05) is 27.7 Å². The number of nitrogens with zero attached hydrogens (tertiary/aromatic N) is 2. The summed E-state index contributed by atoms with van der Waals surface area (Å²) < 4.78 is 27.4. The molecular formula is C14H23F2N3. The zero-order valence-corrected chi connectivity index (χ0v) is 12.3. The van der Waals surface area contributed by atoms with Crippen molar-refractivity contribution in [1.29, 1.82) is 0 Å². The Morgan fingerprint density at radius 1 is 1.11 bits per heavy atom. The van der Waals surface area contributed by atoms with E-state index in [4.69, 9.17) is 0 Å². The minimum Gasteiger partial charge on any atom is -0.371 e. The van der Waals surface area contributed by atoms with Crippen LogP contribution in [0, 0.1) is 23.5 Å². The first kappa shape index (κ1) is 15.7. The summed E-state index contributed by atoms with van der Waals surface area (Å²) in [7, 11) is 1.57. The molecule has 108 valence electrons. The van der Waals surface area contributed by atoms with Crippen LogP contribution in [0.25, 0.3) is 0 Å². The summed E-state index contributed by atoms with van der Waals surface area (Å²) in [6.07, 6.45) is 0. The highest BCUT2D eigenvalue weighted by atomic mass is 19.1. The maximum atomic E-state index is 13.9. The van der Waals surface area contributed by atoms with Gasteiger partial charge in [0.1, 0.15) is 0 Å². The molecule has 1 aromatic heterocycles. The van der Waals surface area contributed by atoms with Crippen LogP contribution in [0.3, 0.4) is 0 Å². The van der Waals surface area contributed by atoms with Crippen LogP contribution in [-0.2, 0) is 0 Å². The van der Waals surface area contributed by atoms with E-state index in [-0.39, 0.29) is 11.6 Å². The average molecular weight is 271 g/mol. The van der Waals surface area contributed by atoms with Gasteiger partial charge < -0.3 is 10.2 Å². The Kier molecular flexibility index (Phi) is 5.51. The van der Waals surface area contributed by atoms with E-state index < -0.39 is 11.6 Å². The molecule has 0 aromatic carbocycles. The zero-order valence-electron chi connectivity index (χ0n) is 12.3. The van der Waals surface area contributed by atoms with E-state index in [0.29, 0.717) is 24.9 Å². The monoisotopic (exact) mass is 271 g/mol. The highest BCUT2D eigenvalue weighted by molar-refractivity contribution is 5.49. The summed E-state index contributed by atoms with van der Waals surface area (Å²) in [6, 6.07) is 0.891. The van der Waals surface area contributed by atoms with Crippen LogP contribution in [0.4, 0.5) is 20.4 Å². The van der Waals surface area contributed by atoms with Crippen molar-refractivity contribution in [2.45, 2.75) is 27.7 Å². The zero-order chi connectivity index (χ0) is 14.6. The predicted octanol–water partition coefficient (Wildman–Crippen LogP) is 3.52. The van der Waals surface area contributed by atoms with Crippen molar-refractivity contribution in [3.8, 4) is 0 Å². The van der Waals surface area contributed by atoms with E-state index in [0.717, 1.165) is 6.07 Å². The highest BCUT2D eigenvalue weighted by Crippen LogP contribution is 2.23. The van der Waals surface area contributed by atoms with E-state index in [1.54, 1.807) is 7.05 Å². The first-order valence-corrected chi connectivity index (χ1v) is 6.63. The van der Waals surface area contributed by atoms with Gasteiger partial charge in [-0.25, -0.2) is 13.8 Å². The van der Waals surface area contributed by atoms with Crippen molar-refractivity contribution >= 4 is 11.6 Å². The molecule has 0 aliphatic rings. The molecular weight excluding hydrogens is 248 g/mol. The lowest BCUT2D eigenvalue weighted by Crippen LogP contribution is -2.33. The Morgan fingerprint density at radius 2 is 1.63 bits per heavy atom. The van der Waals surface area contributed by atoms with Gasteiger partial charge >= 0.3 is 0 Å². The fourth-order valence-corrected chi connectivity index (χ4v) is 1.98. The Bertz CT molecular complexity index is 409. The minimum absolute atomic E-state index is 0.0777. The summed E-state index contributed by atoms with van der Waals surface area (Å²) in [5.74, 6) is -0.233. The number of pyridine rings is 1. The minimum atomic E-state index is -0.669. The molecule has 1 rings (SSSR count). The molecule has 0 aliphatic heterocycles. The second kappa shape index (κ2) is 6.68. The van der Waals surface area contributed by atoms with E-state index in [2.05, 4.69) is 38.0 Å². The van der Waals surface area contributed by atoms with Crippen LogP contribution in [0.2, 0.25) is 0 Å². The molecule has 1 heterocycles. The molecule has 5 heteroatoms. The van der Waals surface area contributed by atoms with Crippen molar-refractivity contribution in [3.63, 3.8) is 0 Å². The van der Waals surface area contributed by atoms with Gasteiger partial charge in [-0.3, -0.25) is 0 Å². The number of rotatable bonds is 6. The Labute approximate surface area is 114 Å². The average Bonchev–Trinajstić information content (AvgIpc) is 2.27. The Hall–Kier alpha value is -1.39. The third-order valence-electron chi connectivity index (χ3n) is 2.62. The fourth-order valence-electron chi connectivity index (χ4n) is 1.98. The van der Waals surface area contributed by atoms with Gasteiger partial charge in [0, 0.05) is 26.2 Å². The number of hydrogen-bond acceptors (Lipinski definition) is 3. The molecule has 0 aliphatic carbocycles. The van der Waals surface area contributed by atoms with Gasteiger partial charge in [0.2, 0.25) is 0 Å².